The first-order chi connectivity index (χ1) is 39.7. The Bertz CT molecular complexity index is 2360. The molecule has 3 N–H and O–H groups in total. The smallest absolute Gasteiger partial charge is 0.246 e. The zero-order valence-corrected chi connectivity index (χ0v) is 57.1. The molecule has 0 aromatic heterocycles. The van der Waals surface area contributed by atoms with E-state index < -0.39 is 149 Å². The Morgan fingerprint density at radius 1 is 0.453 bits per heavy atom. The molecule has 0 unspecified atom stereocenters. The Hall–Kier alpha value is -5.71. The minimum Gasteiger partial charge on any atom is -0.360 e. The van der Waals surface area contributed by atoms with Gasteiger partial charge in [-0.3, -0.25) is 57.6 Å². The topological polar surface area (TPSA) is 259 Å². The van der Waals surface area contributed by atoms with Crippen molar-refractivity contribution in [1.29, 1.82) is 0 Å². The van der Waals surface area contributed by atoms with Crippen LogP contribution in [0.3, 0.4) is 0 Å². The second kappa shape index (κ2) is 33.6. The number of nitrogens with one attached hydrogen (secondary N) is 3. The number of likely N-dealkylation sites (N-methyl/N-ethyl adjacent to an activating group) is 7. The van der Waals surface area contributed by atoms with Crippen LogP contribution >= 0.6 is 0 Å². The second-order valence-corrected chi connectivity index (χ2v) is 27.3. The highest BCUT2D eigenvalue weighted by Crippen LogP contribution is 2.28. The zero-order chi connectivity index (χ0) is 66.4. The number of amides is 10. The number of ether oxygens (including phenoxy) is 1. The van der Waals surface area contributed by atoms with Gasteiger partial charge in [-0.2, -0.15) is 0 Å². The molecule has 86 heavy (non-hydrogen) atoms. The summed E-state index contributed by atoms with van der Waals surface area (Å²) in [5.41, 5.74) is 0. The molecule has 2 aliphatic rings. The molecule has 0 aromatic carbocycles. The van der Waals surface area contributed by atoms with Crippen LogP contribution in [0.5, 0.6) is 0 Å². The van der Waals surface area contributed by atoms with Gasteiger partial charge in [0.1, 0.15) is 54.4 Å². The molecule has 0 spiro atoms. The molecular weight excluding hydrogens is 1100 g/mol. The standard InChI is InChI=1S/C63H113N11O12/c1-26-44-59(81)68(19)43(17)58(80)69(20)46(28-35(4)5)55(77)66-50(38(10)11)62(84)70(21)45(27-34(2)3)54(76)64-42(16)49(75)31-40(14)57(79)71(22)47(29-36(6)7)60(82)72(23)48(30-37(8)9)61(83)73(24)51(39(12)13)63(85)74(25)52(56(78)65-44)53-41(15)32-67(18)33-86-53/h34-48,50-53H,26-33H2,1-25H3,(H,64,76)(H,65,78)(H,66,77)/t40-,41-,42-,43-,44-,45-,46+,47+,48-,50-,51-,52-,53-/m1/s1. The van der Waals surface area contributed by atoms with Gasteiger partial charge in [-0.25, -0.2) is 0 Å². The van der Waals surface area contributed by atoms with Crippen molar-refractivity contribution in [2.75, 3.05) is 69.7 Å². The molecule has 23 nitrogen and oxygen atoms in total. The van der Waals surface area contributed by atoms with E-state index in [4.69, 9.17) is 4.74 Å². The van der Waals surface area contributed by atoms with E-state index in [-0.39, 0.29) is 74.8 Å². The molecule has 13 atom stereocenters. The van der Waals surface area contributed by atoms with Crippen molar-refractivity contribution in [1.82, 2.24) is 55.1 Å². The zero-order valence-electron chi connectivity index (χ0n) is 57.1. The lowest BCUT2D eigenvalue weighted by atomic mass is 9.92. The van der Waals surface area contributed by atoms with E-state index in [1.54, 1.807) is 41.5 Å². The summed E-state index contributed by atoms with van der Waals surface area (Å²) in [6.07, 6.45) is -0.370. The van der Waals surface area contributed by atoms with Crippen LogP contribution in [-0.4, -0.2) is 240 Å². The number of hydrogen-bond acceptors (Lipinski definition) is 13. The molecule has 0 radical (unpaired) electrons. The molecule has 2 heterocycles. The molecule has 2 rings (SSSR count). The quantitative estimate of drug-likeness (QED) is 0.252. The Balaban J connectivity index is 2.99. The number of ketones is 1. The highest BCUT2D eigenvalue weighted by atomic mass is 16.5. The first-order valence-electron chi connectivity index (χ1n) is 31.3. The van der Waals surface area contributed by atoms with Crippen molar-refractivity contribution in [3.05, 3.63) is 0 Å². The first kappa shape index (κ1) is 76.4. The highest BCUT2D eigenvalue weighted by molar-refractivity contribution is 6.00. The largest absolute Gasteiger partial charge is 0.360 e. The van der Waals surface area contributed by atoms with E-state index >= 15 is 19.2 Å². The number of nitrogens with zero attached hydrogens (tertiary/aromatic N) is 8. The monoisotopic (exact) mass is 1220 g/mol. The SMILES string of the molecule is CC[C@H]1NC(=O)[C@@H]([C@@H]2OCN(C)C[C@H]2C)N(C)C(=O)[C@@H](C(C)C)N(C)C(=O)[C@@H](CC(C)C)N(C)C(=O)[C@H](CC(C)C)N(C)C(=O)[C@H](C)CC(=O)[C@@H](C)NC(=O)[C@@H](CC(C)C)N(C)C(=O)[C@@H](C(C)C)NC(=O)[C@H](CC(C)C)N(C)C(=O)[C@@H](C)N(C)C1=O. The van der Waals surface area contributed by atoms with Crippen molar-refractivity contribution in [3.63, 3.8) is 0 Å². The first-order valence-corrected chi connectivity index (χ1v) is 31.3. The van der Waals surface area contributed by atoms with Crippen molar-refractivity contribution in [2.45, 2.75) is 223 Å². The summed E-state index contributed by atoms with van der Waals surface area (Å²) in [4.78, 5) is 173. The highest BCUT2D eigenvalue weighted by Gasteiger charge is 2.47. The number of Topliss-reactive ketones (excluding diaryl/α,β-unsaturated/α-hetero) is 1. The van der Waals surface area contributed by atoms with Crippen LogP contribution < -0.4 is 16.0 Å². The minimum atomic E-state index is -1.33. The maximum absolute atomic E-state index is 15.3. The number of carbonyl (C=O) groups excluding carboxylic acids is 11. The molecule has 492 valence electrons. The fourth-order valence-corrected chi connectivity index (χ4v) is 11.7. The van der Waals surface area contributed by atoms with Gasteiger partial charge in [0.2, 0.25) is 59.1 Å². The van der Waals surface area contributed by atoms with Crippen molar-refractivity contribution < 1.29 is 57.5 Å². The van der Waals surface area contributed by atoms with Gasteiger partial charge in [-0.05, 0) is 94.4 Å². The molecule has 0 bridgehead atoms. The second-order valence-electron chi connectivity index (χ2n) is 27.3. The van der Waals surface area contributed by atoms with Gasteiger partial charge in [0.25, 0.3) is 0 Å². The summed E-state index contributed by atoms with van der Waals surface area (Å²) >= 11 is 0. The van der Waals surface area contributed by atoms with Gasteiger partial charge in [0.05, 0.1) is 18.9 Å². The van der Waals surface area contributed by atoms with Gasteiger partial charge in [0.15, 0.2) is 5.78 Å². The molecule has 0 saturated carbocycles. The summed E-state index contributed by atoms with van der Waals surface area (Å²) in [6.45, 7) is 31.0. The molecule has 0 aromatic rings. The van der Waals surface area contributed by atoms with E-state index in [1.807, 2.05) is 74.3 Å². The van der Waals surface area contributed by atoms with E-state index in [0.717, 1.165) is 0 Å². The van der Waals surface area contributed by atoms with Crippen LogP contribution in [-0.2, 0) is 57.5 Å². The third-order valence-corrected chi connectivity index (χ3v) is 17.2. The van der Waals surface area contributed by atoms with Crippen LogP contribution in [0.1, 0.15) is 156 Å². The summed E-state index contributed by atoms with van der Waals surface area (Å²) in [6, 6.07) is -11.6. The maximum Gasteiger partial charge on any atom is 0.246 e. The lowest BCUT2D eigenvalue weighted by Crippen LogP contribution is -2.65. The molecule has 10 amide bonds. The van der Waals surface area contributed by atoms with E-state index in [2.05, 4.69) is 16.0 Å². The molecule has 23 heteroatoms. The van der Waals surface area contributed by atoms with Crippen molar-refractivity contribution in [3.8, 4) is 0 Å². The van der Waals surface area contributed by atoms with Crippen molar-refractivity contribution >= 4 is 64.9 Å². The number of rotatable bonds is 12. The average molecular weight is 1220 g/mol. The van der Waals surface area contributed by atoms with Crippen molar-refractivity contribution in [2.24, 2.45) is 47.3 Å². The number of hydrogen-bond donors (Lipinski definition) is 3. The molecule has 2 aliphatic heterocycles. The van der Waals surface area contributed by atoms with Crippen LogP contribution in [0.25, 0.3) is 0 Å². The summed E-state index contributed by atoms with van der Waals surface area (Å²) in [7, 11) is 12.2. The average Bonchev–Trinajstić information content (AvgIpc) is 1.11. The summed E-state index contributed by atoms with van der Waals surface area (Å²) in [5.74, 6) is -9.24. The van der Waals surface area contributed by atoms with Crippen LogP contribution in [0.2, 0.25) is 0 Å². The van der Waals surface area contributed by atoms with Crippen LogP contribution in [0.4, 0.5) is 0 Å². The minimum absolute atomic E-state index is 0.0739. The van der Waals surface area contributed by atoms with Gasteiger partial charge in [-0.1, -0.05) is 104 Å². The third-order valence-electron chi connectivity index (χ3n) is 17.2. The van der Waals surface area contributed by atoms with Crippen LogP contribution in [0.15, 0.2) is 0 Å². The lowest BCUT2D eigenvalue weighted by molar-refractivity contribution is -0.164. The molecular formula is C63H113N11O12. The third kappa shape index (κ3) is 19.9. The predicted octanol–water partition coefficient (Wildman–Crippen LogP) is 3.71. The normalized spacial score (nSPS) is 29.9. The van der Waals surface area contributed by atoms with Crippen LogP contribution in [0, 0.1) is 47.3 Å². The molecule has 2 saturated heterocycles. The van der Waals surface area contributed by atoms with Gasteiger partial charge in [0, 0.05) is 68.2 Å². The van der Waals surface area contributed by atoms with Gasteiger partial charge >= 0.3 is 0 Å². The lowest BCUT2D eigenvalue weighted by Gasteiger charge is -2.44. The fraction of sp³-hybridized carbons (Fsp3) is 0.825. The Morgan fingerprint density at radius 3 is 1.33 bits per heavy atom. The number of carbonyl (C=O) groups is 11. The van der Waals surface area contributed by atoms with Gasteiger partial charge in [-0.15, -0.1) is 0 Å². The molecule has 2 fully saturated rings. The fourth-order valence-electron chi connectivity index (χ4n) is 11.7. The Morgan fingerprint density at radius 2 is 0.884 bits per heavy atom. The maximum atomic E-state index is 15.3. The predicted molar refractivity (Wildman–Crippen MR) is 331 cm³/mol. The Labute approximate surface area is 515 Å². The summed E-state index contributed by atoms with van der Waals surface area (Å²) in [5, 5.41) is 8.57. The van der Waals surface area contributed by atoms with Gasteiger partial charge < -0.3 is 55.0 Å². The Kier molecular flexibility index (Phi) is 29.8. The van der Waals surface area contributed by atoms with E-state index in [1.165, 1.54) is 97.5 Å². The molecule has 0 aliphatic carbocycles. The van der Waals surface area contributed by atoms with E-state index in [0.29, 0.717) is 6.54 Å². The summed E-state index contributed by atoms with van der Waals surface area (Å²) < 4.78 is 6.34. The van der Waals surface area contributed by atoms with E-state index in [9.17, 15) is 33.6 Å².